The topological polar surface area (TPSA) is 67.3 Å². The summed E-state index contributed by atoms with van der Waals surface area (Å²) in [7, 11) is 0. The number of aliphatic hydroxyl groups excluding tert-OH is 1. The minimum absolute atomic E-state index is 0.0561. The average molecular weight is 210 g/mol. The molecule has 0 atom stereocenters. The van der Waals surface area contributed by atoms with Crippen molar-refractivity contribution in [3.63, 3.8) is 0 Å². The van der Waals surface area contributed by atoms with E-state index in [-0.39, 0.29) is 17.0 Å². The van der Waals surface area contributed by atoms with Crippen molar-refractivity contribution in [3.8, 4) is 0 Å². The second-order valence-corrected chi connectivity index (χ2v) is 3.10. The van der Waals surface area contributed by atoms with E-state index < -0.39 is 16.6 Å². The molecule has 70 valence electrons. The van der Waals surface area contributed by atoms with Gasteiger partial charge in [0.1, 0.15) is 16.5 Å². The van der Waals surface area contributed by atoms with Gasteiger partial charge in [0, 0.05) is 11.8 Å². The maximum absolute atomic E-state index is 11.3. The van der Waals surface area contributed by atoms with Crippen molar-refractivity contribution in [2.45, 2.75) is 0 Å². The molecule has 0 saturated carbocycles. The van der Waals surface area contributed by atoms with Gasteiger partial charge in [-0.1, -0.05) is 11.6 Å². The zero-order chi connectivity index (χ0) is 10.3. The summed E-state index contributed by atoms with van der Waals surface area (Å²) in [6.45, 7) is 0. The summed E-state index contributed by atoms with van der Waals surface area (Å²) >= 11 is 5.47. The monoisotopic (exact) mass is 209 g/mol. The summed E-state index contributed by atoms with van der Waals surface area (Å²) in [5, 5.41) is 9.00. The Hall–Kier alpha value is -1.68. The number of carbonyl (C=O) groups is 2. The summed E-state index contributed by atoms with van der Waals surface area (Å²) < 4.78 is 0. The highest BCUT2D eigenvalue weighted by Gasteiger charge is 2.32. The summed E-state index contributed by atoms with van der Waals surface area (Å²) in [5.41, 5.74) is 0.140. The van der Waals surface area contributed by atoms with Crippen LogP contribution in [0.15, 0.2) is 23.4 Å². The SMILES string of the molecule is O=C1C(=O)c2ncccc2C(O)=C1Cl. The van der Waals surface area contributed by atoms with Gasteiger partial charge in [-0.05, 0) is 12.1 Å². The Morgan fingerprint density at radius 3 is 2.71 bits per heavy atom. The molecule has 5 heteroatoms. The molecule has 0 amide bonds. The quantitative estimate of drug-likeness (QED) is 0.655. The number of carbonyl (C=O) groups excluding carboxylic acids is 2. The second-order valence-electron chi connectivity index (χ2n) is 2.72. The summed E-state index contributed by atoms with van der Waals surface area (Å²) in [6.07, 6.45) is 1.37. The number of aliphatic hydroxyl groups is 1. The fourth-order valence-corrected chi connectivity index (χ4v) is 1.40. The van der Waals surface area contributed by atoms with E-state index in [0.29, 0.717) is 0 Å². The molecule has 0 radical (unpaired) electrons. The van der Waals surface area contributed by atoms with Crippen LogP contribution in [0.1, 0.15) is 16.1 Å². The molecule has 4 nitrogen and oxygen atoms in total. The normalized spacial score (nSPS) is 15.8. The van der Waals surface area contributed by atoms with E-state index in [9.17, 15) is 14.7 Å². The highest BCUT2D eigenvalue weighted by molar-refractivity contribution is 6.63. The molecule has 1 N–H and O–H groups in total. The van der Waals surface area contributed by atoms with Crippen molar-refractivity contribution >= 4 is 28.9 Å². The van der Waals surface area contributed by atoms with Gasteiger partial charge < -0.3 is 5.11 Å². The maximum Gasteiger partial charge on any atom is 0.253 e. The van der Waals surface area contributed by atoms with Gasteiger partial charge in [-0.25, -0.2) is 0 Å². The maximum atomic E-state index is 11.3. The van der Waals surface area contributed by atoms with Crippen molar-refractivity contribution < 1.29 is 14.7 Å². The van der Waals surface area contributed by atoms with Crippen LogP contribution in [-0.4, -0.2) is 21.7 Å². The van der Waals surface area contributed by atoms with Crippen LogP contribution in [0.2, 0.25) is 0 Å². The van der Waals surface area contributed by atoms with Gasteiger partial charge in [0.05, 0.1) is 0 Å². The largest absolute Gasteiger partial charge is 0.506 e. The van der Waals surface area contributed by atoms with E-state index in [2.05, 4.69) is 4.98 Å². The predicted octanol–water partition coefficient (Wildman–Crippen LogP) is 1.31. The highest BCUT2D eigenvalue weighted by Crippen LogP contribution is 2.27. The second kappa shape index (κ2) is 2.92. The molecule has 1 aromatic rings. The van der Waals surface area contributed by atoms with Gasteiger partial charge in [-0.15, -0.1) is 0 Å². The number of hydrogen-bond acceptors (Lipinski definition) is 4. The molecular formula is C9H4ClNO3. The van der Waals surface area contributed by atoms with E-state index >= 15 is 0 Å². The van der Waals surface area contributed by atoms with Crippen molar-refractivity contribution in [3.05, 3.63) is 34.6 Å². The molecule has 2 rings (SSSR count). The van der Waals surface area contributed by atoms with Crippen LogP contribution in [0.25, 0.3) is 5.76 Å². The van der Waals surface area contributed by atoms with Crippen LogP contribution in [0.5, 0.6) is 0 Å². The Labute approximate surface area is 83.8 Å². The highest BCUT2D eigenvalue weighted by atomic mass is 35.5. The van der Waals surface area contributed by atoms with E-state index in [0.717, 1.165) is 0 Å². The van der Waals surface area contributed by atoms with Crippen LogP contribution in [0.4, 0.5) is 0 Å². The van der Waals surface area contributed by atoms with Crippen molar-refractivity contribution in [2.24, 2.45) is 0 Å². The van der Waals surface area contributed by atoms with Crippen LogP contribution in [-0.2, 0) is 4.79 Å². The van der Waals surface area contributed by atoms with Gasteiger partial charge in [0.15, 0.2) is 0 Å². The molecule has 1 aliphatic rings. The third-order valence-electron chi connectivity index (χ3n) is 1.89. The van der Waals surface area contributed by atoms with Crippen LogP contribution >= 0.6 is 11.6 Å². The zero-order valence-electron chi connectivity index (χ0n) is 6.82. The Morgan fingerprint density at radius 1 is 1.29 bits per heavy atom. The number of ketones is 2. The van der Waals surface area contributed by atoms with E-state index in [1.807, 2.05) is 0 Å². The summed E-state index contributed by atoms with van der Waals surface area (Å²) in [4.78, 5) is 26.2. The molecule has 0 saturated heterocycles. The number of aromatic nitrogens is 1. The Balaban J connectivity index is 2.78. The minimum Gasteiger partial charge on any atom is -0.506 e. The molecule has 0 bridgehead atoms. The van der Waals surface area contributed by atoms with Crippen molar-refractivity contribution in [1.29, 1.82) is 0 Å². The first-order valence-electron chi connectivity index (χ1n) is 3.76. The smallest absolute Gasteiger partial charge is 0.253 e. The van der Waals surface area contributed by atoms with Crippen molar-refractivity contribution in [2.75, 3.05) is 0 Å². The van der Waals surface area contributed by atoms with Gasteiger partial charge >= 0.3 is 0 Å². The molecule has 1 aromatic heterocycles. The van der Waals surface area contributed by atoms with E-state index in [1.54, 1.807) is 6.07 Å². The predicted molar refractivity (Wildman–Crippen MR) is 49.0 cm³/mol. The average Bonchev–Trinajstić information content (AvgIpc) is 2.23. The Morgan fingerprint density at radius 2 is 2.00 bits per heavy atom. The molecule has 0 aliphatic heterocycles. The summed E-state index contributed by atoms with van der Waals surface area (Å²) in [5.74, 6) is -2.10. The molecule has 0 fully saturated rings. The number of hydrogen-bond donors (Lipinski definition) is 1. The summed E-state index contributed by atoms with van der Waals surface area (Å²) in [6, 6.07) is 3.02. The standard InChI is InChI=1S/C9H4ClNO3/c10-5-7(12)4-2-1-3-11-6(4)9(14)8(5)13/h1-3,12H. The van der Waals surface area contributed by atoms with Gasteiger partial charge in [0.25, 0.3) is 5.78 Å². The van der Waals surface area contributed by atoms with Crippen LogP contribution in [0.3, 0.4) is 0 Å². The van der Waals surface area contributed by atoms with E-state index in [1.165, 1.54) is 12.3 Å². The first kappa shape index (κ1) is 8.90. The fourth-order valence-electron chi connectivity index (χ4n) is 1.21. The zero-order valence-corrected chi connectivity index (χ0v) is 7.58. The van der Waals surface area contributed by atoms with Crippen LogP contribution < -0.4 is 0 Å². The molecule has 1 heterocycles. The lowest BCUT2D eigenvalue weighted by Gasteiger charge is -2.12. The van der Waals surface area contributed by atoms with Gasteiger partial charge in [-0.3, -0.25) is 14.6 Å². The van der Waals surface area contributed by atoms with Gasteiger partial charge in [0.2, 0.25) is 5.78 Å². The molecule has 0 spiro atoms. The number of halogens is 1. The Bertz CT molecular complexity index is 479. The first-order chi connectivity index (χ1) is 6.63. The lowest BCUT2D eigenvalue weighted by molar-refractivity contribution is -0.111. The third-order valence-corrected chi connectivity index (χ3v) is 2.24. The number of fused-ring (bicyclic) bond motifs is 1. The molecule has 14 heavy (non-hydrogen) atoms. The van der Waals surface area contributed by atoms with Gasteiger partial charge in [-0.2, -0.15) is 0 Å². The molecular weight excluding hydrogens is 206 g/mol. The third kappa shape index (κ3) is 1.04. The molecule has 0 aromatic carbocycles. The number of nitrogens with zero attached hydrogens (tertiary/aromatic N) is 1. The molecule has 1 aliphatic carbocycles. The first-order valence-corrected chi connectivity index (χ1v) is 4.14. The number of allylic oxidation sites excluding steroid dienone is 1. The lowest BCUT2D eigenvalue weighted by atomic mass is 9.99. The fraction of sp³-hybridized carbons (Fsp3) is 0. The van der Waals surface area contributed by atoms with E-state index in [4.69, 9.17) is 11.6 Å². The minimum atomic E-state index is -0.921. The number of pyridine rings is 1. The number of rotatable bonds is 0. The Kier molecular flexibility index (Phi) is 1.86. The van der Waals surface area contributed by atoms with Crippen molar-refractivity contribution in [1.82, 2.24) is 4.98 Å². The molecule has 0 unspecified atom stereocenters. The van der Waals surface area contributed by atoms with Crippen LogP contribution in [0, 0.1) is 0 Å². The number of Topliss-reactive ketones (excluding diaryl/α,β-unsaturated/α-hetero) is 2. The lowest BCUT2D eigenvalue weighted by Crippen LogP contribution is -2.22.